The van der Waals surface area contributed by atoms with E-state index < -0.39 is 6.10 Å². The second-order valence-corrected chi connectivity index (χ2v) is 5.01. The Kier molecular flexibility index (Phi) is 3.81. The molecule has 1 aliphatic rings. The van der Waals surface area contributed by atoms with Gasteiger partial charge in [-0.25, -0.2) is 0 Å². The van der Waals surface area contributed by atoms with E-state index in [-0.39, 0.29) is 5.60 Å². The fourth-order valence-corrected chi connectivity index (χ4v) is 2.75. The normalized spacial score (nSPS) is 26.3. The molecule has 18 heavy (non-hydrogen) atoms. The zero-order chi connectivity index (χ0) is 13.2. The summed E-state index contributed by atoms with van der Waals surface area (Å²) in [6.45, 7) is 4.27. The van der Waals surface area contributed by atoms with Gasteiger partial charge in [0.05, 0.1) is 13.2 Å². The van der Waals surface area contributed by atoms with Crippen molar-refractivity contribution < 1.29 is 14.6 Å². The van der Waals surface area contributed by atoms with Crippen LogP contribution >= 0.6 is 0 Å². The third-order valence-corrected chi connectivity index (χ3v) is 3.82. The maximum Gasteiger partial charge on any atom is 0.126 e. The van der Waals surface area contributed by atoms with Gasteiger partial charge in [-0.15, -0.1) is 0 Å². The van der Waals surface area contributed by atoms with Crippen LogP contribution in [0.3, 0.4) is 0 Å². The fourth-order valence-electron chi connectivity index (χ4n) is 2.75. The maximum absolute atomic E-state index is 10.3. The molecule has 1 N–H and O–H groups in total. The molecule has 0 aromatic heterocycles. The van der Waals surface area contributed by atoms with E-state index in [1.54, 1.807) is 7.11 Å². The van der Waals surface area contributed by atoms with Crippen LogP contribution in [-0.4, -0.2) is 17.8 Å². The second kappa shape index (κ2) is 5.19. The van der Waals surface area contributed by atoms with Crippen LogP contribution in [0.15, 0.2) is 18.2 Å². The van der Waals surface area contributed by atoms with Crippen LogP contribution in [0.1, 0.15) is 51.2 Å². The van der Waals surface area contributed by atoms with Crippen molar-refractivity contribution in [3.63, 3.8) is 0 Å². The molecule has 1 aromatic rings. The topological polar surface area (TPSA) is 38.7 Å². The molecule has 1 aromatic carbocycles. The van der Waals surface area contributed by atoms with Crippen molar-refractivity contribution in [2.45, 2.75) is 51.2 Å². The molecule has 0 radical (unpaired) electrons. The molecule has 0 saturated heterocycles. The van der Waals surface area contributed by atoms with Crippen molar-refractivity contribution in [2.75, 3.05) is 7.11 Å². The number of benzene rings is 1. The van der Waals surface area contributed by atoms with Gasteiger partial charge in [-0.05, 0) is 31.0 Å². The minimum Gasteiger partial charge on any atom is -0.497 e. The van der Waals surface area contributed by atoms with Crippen molar-refractivity contribution in [3.8, 4) is 11.5 Å². The van der Waals surface area contributed by atoms with Crippen molar-refractivity contribution in [1.29, 1.82) is 0 Å². The van der Waals surface area contributed by atoms with Gasteiger partial charge in [-0.1, -0.05) is 20.3 Å². The Morgan fingerprint density at radius 1 is 1.44 bits per heavy atom. The Morgan fingerprint density at radius 3 is 2.83 bits per heavy atom. The quantitative estimate of drug-likeness (QED) is 0.889. The number of fused-ring (bicyclic) bond motifs is 1. The molecule has 3 heteroatoms. The lowest BCUT2D eigenvalue weighted by atomic mass is 9.83. The van der Waals surface area contributed by atoms with Gasteiger partial charge in [0, 0.05) is 12.0 Å². The van der Waals surface area contributed by atoms with Gasteiger partial charge < -0.3 is 14.6 Å². The molecule has 1 heterocycles. The third kappa shape index (κ3) is 2.32. The summed E-state index contributed by atoms with van der Waals surface area (Å²) in [7, 11) is 1.63. The van der Waals surface area contributed by atoms with E-state index in [9.17, 15) is 5.11 Å². The summed E-state index contributed by atoms with van der Waals surface area (Å²) in [5.41, 5.74) is 0.630. The summed E-state index contributed by atoms with van der Waals surface area (Å²) in [6.07, 6.45) is 3.16. The SMILES string of the molecule is CCCC1(CC)CC(O)c2cc(OC)ccc2O1. The molecular weight excluding hydrogens is 228 g/mol. The largest absolute Gasteiger partial charge is 0.497 e. The Bertz CT molecular complexity index is 416. The number of aliphatic hydroxyl groups excluding tert-OH is 1. The predicted octanol–water partition coefficient (Wildman–Crippen LogP) is 3.46. The number of hydrogen-bond acceptors (Lipinski definition) is 3. The van der Waals surface area contributed by atoms with Gasteiger partial charge in [-0.2, -0.15) is 0 Å². The van der Waals surface area contributed by atoms with Crippen LogP contribution in [0.5, 0.6) is 11.5 Å². The maximum atomic E-state index is 10.3. The molecular formula is C15H22O3. The number of ether oxygens (including phenoxy) is 2. The van der Waals surface area contributed by atoms with Crippen LogP contribution < -0.4 is 9.47 Å². The molecule has 0 aliphatic carbocycles. The second-order valence-electron chi connectivity index (χ2n) is 5.01. The van der Waals surface area contributed by atoms with Gasteiger partial charge in [-0.3, -0.25) is 0 Å². The third-order valence-electron chi connectivity index (χ3n) is 3.82. The summed E-state index contributed by atoms with van der Waals surface area (Å²) in [5, 5.41) is 10.3. The molecule has 2 unspecified atom stereocenters. The van der Waals surface area contributed by atoms with Crippen LogP contribution in [-0.2, 0) is 0 Å². The number of hydrogen-bond donors (Lipinski definition) is 1. The summed E-state index contributed by atoms with van der Waals surface area (Å²) in [5.74, 6) is 1.56. The monoisotopic (exact) mass is 250 g/mol. The first-order valence-corrected chi connectivity index (χ1v) is 6.69. The minimum atomic E-state index is -0.463. The van der Waals surface area contributed by atoms with E-state index in [4.69, 9.17) is 9.47 Å². The molecule has 0 saturated carbocycles. The summed E-state index contributed by atoms with van der Waals surface area (Å²) < 4.78 is 11.4. The van der Waals surface area contributed by atoms with Gasteiger partial charge in [0.1, 0.15) is 17.1 Å². The zero-order valence-corrected chi connectivity index (χ0v) is 11.4. The molecule has 100 valence electrons. The predicted molar refractivity (Wildman–Crippen MR) is 71.1 cm³/mol. The average molecular weight is 250 g/mol. The lowest BCUT2D eigenvalue weighted by molar-refractivity contribution is -0.0233. The fraction of sp³-hybridized carbons (Fsp3) is 0.600. The first-order chi connectivity index (χ1) is 8.64. The van der Waals surface area contributed by atoms with E-state index in [1.165, 1.54) is 0 Å². The molecule has 1 aliphatic heterocycles. The van der Waals surface area contributed by atoms with E-state index in [1.807, 2.05) is 18.2 Å². The van der Waals surface area contributed by atoms with Crippen LogP contribution in [0.4, 0.5) is 0 Å². The lowest BCUT2D eigenvalue weighted by Crippen LogP contribution is -2.40. The first-order valence-electron chi connectivity index (χ1n) is 6.69. The van der Waals surface area contributed by atoms with Crippen molar-refractivity contribution in [1.82, 2.24) is 0 Å². The van der Waals surface area contributed by atoms with Gasteiger partial charge >= 0.3 is 0 Å². The number of aliphatic hydroxyl groups is 1. The molecule has 0 bridgehead atoms. The highest BCUT2D eigenvalue weighted by Crippen LogP contribution is 2.44. The highest BCUT2D eigenvalue weighted by atomic mass is 16.5. The van der Waals surface area contributed by atoms with Crippen LogP contribution in [0.2, 0.25) is 0 Å². The van der Waals surface area contributed by atoms with E-state index >= 15 is 0 Å². The van der Waals surface area contributed by atoms with E-state index in [2.05, 4.69) is 13.8 Å². The molecule has 3 nitrogen and oxygen atoms in total. The van der Waals surface area contributed by atoms with Crippen molar-refractivity contribution >= 4 is 0 Å². The van der Waals surface area contributed by atoms with E-state index in [0.717, 1.165) is 36.3 Å². The average Bonchev–Trinajstić information content (AvgIpc) is 2.39. The van der Waals surface area contributed by atoms with Crippen molar-refractivity contribution in [2.24, 2.45) is 0 Å². The molecule has 0 fully saturated rings. The Balaban J connectivity index is 2.33. The molecule has 2 rings (SSSR count). The molecule has 2 atom stereocenters. The Hall–Kier alpha value is -1.22. The Labute approximate surface area is 109 Å². The van der Waals surface area contributed by atoms with Gasteiger partial charge in [0.25, 0.3) is 0 Å². The van der Waals surface area contributed by atoms with Crippen LogP contribution in [0.25, 0.3) is 0 Å². The Morgan fingerprint density at radius 2 is 2.22 bits per heavy atom. The standard InChI is InChI=1S/C15H22O3/c1-4-8-15(5-2)10-13(16)12-9-11(17-3)6-7-14(12)18-15/h6-7,9,13,16H,4-5,8,10H2,1-3H3. The minimum absolute atomic E-state index is 0.213. The summed E-state index contributed by atoms with van der Waals surface area (Å²) >= 11 is 0. The number of rotatable bonds is 4. The lowest BCUT2D eigenvalue weighted by Gasteiger charge is -2.40. The molecule has 0 amide bonds. The van der Waals surface area contributed by atoms with Gasteiger partial charge in [0.15, 0.2) is 0 Å². The smallest absolute Gasteiger partial charge is 0.126 e. The number of methoxy groups -OCH3 is 1. The highest BCUT2D eigenvalue weighted by Gasteiger charge is 2.38. The summed E-state index contributed by atoms with van der Waals surface area (Å²) in [6, 6.07) is 5.64. The highest BCUT2D eigenvalue weighted by molar-refractivity contribution is 5.43. The first kappa shape index (κ1) is 13.2. The molecule has 0 spiro atoms. The zero-order valence-electron chi connectivity index (χ0n) is 11.4. The van der Waals surface area contributed by atoms with Crippen molar-refractivity contribution in [3.05, 3.63) is 23.8 Å². The van der Waals surface area contributed by atoms with Gasteiger partial charge in [0.2, 0.25) is 0 Å². The summed E-state index contributed by atoms with van der Waals surface area (Å²) in [4.78, 5) is 0. The van der Waals surface area contributed by atoms with Crippen LogP contribution in [0, 0.1) is 0 Å². The van der Waals surface area contributed by atoms with E-state index in [0.29, 0.717) is 6.42 Å².